The summed E-state index contributed by atoms with van der Waals surface area (Å²) in [6.45, 7) is 2.61. The Hall–Kier alpha value is -2.79. The molecule has 0 fully saturated rings. The van der Waals surface area contributed by atoms with E-state index in [4.69, 9.17) is 9.97 Å². The molecule has 142 valence electrons. The number of benzene rings is 1. The number of fused-ring (bicyclic) bond motifs is 2. The summed E-state index contributed by atoms with van der Waals surface area (Å²) in [5.74, 6) is 1.45. The molecule has 1 N–H and O–H groups in total. The fraction of sp³-hybridized carbons (Fsp3) is 0.348. The van der Waals surface area contributed by atoms with Gasteiger partial charge < -0.3 is 4.98 Å². The number of aromatic nitrogens is 3. The van der Waals surface area contributed by atoms with E-state index in [2.05, 4.69) is 51.3 Å². The first-order chi connectivity index (χ1) is 13.9. The maximum atomic E-state index is 4.83. The lowest BCUT2D eigenvalue weighted by Gasteiger charge is -2.36. The van der Waals surface area contributed by atoms with Crippen molar-refractivity contribution in [2.24, 2.45) is 10.9 Å². The van der Waals surface area contributed by atoms with E-state index in [1.807, 2.05) is 24.5 Å². The highest BCUT2D eigenvalue weighted by molar-refractivity contribution is 5.74. The third kappa shape index (κ3) is 3.50. The topological polar surface area (TPSA) is 57.2 Å². The van der Waals surface area contributed by atoms with Gasteiger partial charge in [-0.15, -0.1) is 0 Å². The highest BCUT2D eigenvalue weighted by Crippen LogP contribution is 2.34. The maximum absolute atomic E-state index is 4.83. The van der Waals surface area contributed by atoms with Crippen LogP contribution in [0.5, 0.6) is 0 Å². The minimum absolute atomic E-state index is 0.331. The van der Waals surface area contributed by atoms with Gasteiger partial charge in [-0.2, -0.15) is 0 Å². The predicted octanol–water partition coefficient (Wildman–Crippen LogP) is 4.09. The van der Waals surface area contributed by atoms with Gasteiger partial charge in [-0.1, -0.05) is 24.3 Å². The number of pyridine rings is 1. The molecule has 0 saturated heterocycles. The van der Waals surface area contributed by atoms with Crippen LogP contribution in [0.2, 0.25) is 0 Å². The van der Waals surface area contributed by atoms with Crippen LogP contribution in [0.1, 0.15) is 36.0 Å². The largest absolute Gasteiger partial charge is 0.341 e. The summed E-state index contributed by atoms with van der Waals surface area (Å²) in [5.41, 5.74) is 4.77. The molecule has 0 radical (unpaired) electrons. The fourth-order valence-electron chi connectivity index (χ4n) is 4.46. The monoisotopic (exact) mass is 371 g/mol. The molecule has 5 rings (SSSR count). The second-order valence-corrected chi connectivity index (χ2v) is 7.75. The lowest BCUT2D eigenvalue weighted by molar-refractivity contribution is 0.147. The SMILES string of the molecule is C1=CC(CN(Cc2nc3ccccc3[nH]2)C2CCCc3cccnc32)CN=C1. The molecule has 1 aliphatic carbocycles. The molecular formula is C23H25N5. The van der Waals surface area contributed by atoms with E-state index in [9.17, 15) is 0 Å². The van der Waals surface area contributed by atoms with E-state index in [0.717, 1.165) is 49.3 Å². The van der Waals surface area contributed by atoms with Gasteiger partial charge in [0.2, 0.25) is 0 Å². The van der Waals surface area contributed by atoms with Crippen molar-refractivity contribution in [2.75, 3.05) is 13.1 Å². The molecule has 0 spiro atoms. The van der Waals surface area contributed by atoms with Crippen molar-refractivity contribution in [3.05, 3.63) is 71.8 Å². The Balaban J connectivity index is 1.46. The zero-order valence-corrected chi connectivity index (χ0v) is 16.0. The third-order valence-corrected chi connectivity index (χ3v) is 5.78. The predicted molar refractivity (Wildman–Crippen MR) is 112 cm³/mol. The smallest absolute Gasteiger partial charge is 0.121 e. The summed E-state index contributed by atoms with van der Waals surface area (Å²) in [4.78, 5) is 20.1. The molecule has 1 aromatic carbocycles. The third-order valence-electron chi connectivity index (χ3n) is 5.78. The quantitative estimate of drug-likeness (QED) is 0.735. The Morgan fingerprint density at radius 1 is 1.14 bits per heavy atom. The molecule has 2 aromatic heterocycles. The first-order valence-corrected chi connectivity index (χ1v) is 10.1. The number of aryl methyl sites for hydroxylation is 1. The van der Waals surface area contributed by atoms with E-state index >= 15 is 0 Å². The summed E-state index contributed by atoms with van der Waals surface area (Å²) in [7, 11) is 0. The Bertz CT molecular complexity index is 986. The first kappa shape index (κ1) is 17.3. The van der Waals surface area contributed by atoms with Gasteiger partial charge in [-0.3, -0.25) is 14.9 Å². The van der Waals surface area contributed by atoms with E-state index in [-0.39, 0.29) is 0 Å². The van der Waals surface area contributed by atoms with Crippen LogP contribution < -0.4 is 0 Å². The Kier molecular flexibility index (Phi) is 4.75. The highest BCUT2D eigenvalue weighted by atomic mass is 15.2. The molecule has 3 heterocycles. The molecule has 5 heteroatoms. The average Bonchev–Trinajstić information content (AvgIpc) is 3.16. The second kappa shape index (κ2) is 7.68. The lowest BCUT2D eigenvalue weighted by atomic mass is 9.90. The number of dihydropyridines is 1. The molecule has 28 heavy (non-hydrogen) atoms. The van der Waals surface area contributed by atoms with Crippen molar-refractivity contribution < 1.29 is 0 Å². The lowest BCUT2D eigenvalue weighted by Crippen LogP contribution is -2.36. The number of para-hydroxylation sites is 2. The molecule has 0 saturated carbocycles. The molecule has 1 aliphatic heterocycles. The number of rotatable bonds is 5. The summed E-state index contributed by atoms with van der Waals surface area (Å²) in [6.07, 6.45) is 11.7. The van der Waals surface area contributed by atoms with E-state index in [1.165, 1.54) is 17.7 Å². The van der Waals surface area contributed by atoms with Crippen LogP contribution in [0.25, 0.3) is 11.0 Å². The van der Waals surface area contributed by atoms with Crippen LogP contribution in [0.3, 0.4) is 0 Å². The van der Waals surface area contributed by atoms with Gasteiger partial charge in [0.15, 0.2) is 0 Å². The summed E-state index contributed by atoms with van der Waals surface area (Å²) >= 11 is 0. The van der Waals surface area contributed by atoms with Crippen LogP contribution in [0, 0.1) is 5.92 Å². The number of nitrogens with zero attached hydrogens (tertiary/aromatic N) is 4. The normalized spacial score (nSPS) is 21.3. The fourth-order valence-corrected chi connectivity index (χ4v) is 4.46. The van der Waals surface area contributed by atoms with Crippen molar-refractivity contribution in [3.8, 4) is 0 Å². The zero-order chi connectivity index (χ0) is 18.8. The maximum Gasteiger partial charge on any atom is 0.121 e. The standard InChI is InChI=1S/C23H25N5/c1-2-10-20-19(9-1)26-22(27-20)16-28(15-17-6-4-12-24-14-17)21-11-3-7-18-8-5-13-25-23(18)21/h1-2,4-6,8-10,12-13,17,21H,3,7,11,14-16H2,(H,26,27). The van der Waals surface area contributed by atoms with Crippen molar-refractivity contribution in [1.82, 2.24) is 19.9 Å². The Morgan fingerprint density at radius 2 is 2.11 bits per heavy atom. The van der Waals surface area contributed by atoms with Gasteiger partial charge in [0.25, 0.3) is 0 Å². The average molecular weight is 371 g/mol. The van der Waals surface area contributed by atoms with Gasteiger partial charge in [-0.25, -0.2) is 4.98 Å². The number of nitrogens with one attached hydrogen (secondary N) is 1. The first-order valence-electron chi connectivity index (χ1n) is 10.1. The minimum Gasteiger partial charge on any atom is -0.341 e. The Morgan fingerprint density at radius 3 is 3.00 bits per heavy atom. The highest BCUT2D eigenvalue weighted by Gasteiger charge is 2.29. The number of H-pyrrole nitrogens is 1. The van der Waals surface area contributed by atoms with Crippen molar-refractivity contribution in [3.63, 3.8) is 0 Å². The number of aromatic amines is 1. The van der Waals surface area contributed by atoms with E-state index in [0.29, 0.717) is 12.0 Å². The van der Waals surface area contributed by atoms with Gasteiger partial charge >= 0.3 is 0 Å². The molecule has 2 atom stereocenters. The number of hydrogen-bond donors (Lipinski definition) is 1. The number of hydrogen-bond acceptors (Lipinski definition) is 4. The molecular weight excluding hydrogens is 346 g/mol. The summed E-state index contributed by atoms with van der Waals surface area (Å²) in [6, 6.07) is 12.9. The summed E-state index contributed by atoms with van der Waals surface area (Å²) in [5, 5.41) is 0. The van der Waals surface area contributed by atoms with Gasteiger partial charge in [0.05, 0.1) is 29.3 Å². The minimum atomic E-state index is 0.331. The van der Waals surface area contributed by atoms with Crippen LogP contribution in [-0.2, 0) is 13.0 Å². The van der Waals surface area contributed by atoms with Crippen LogP contribution in [0.4, 0.5) is 0 Å². The van der Waals surface area contributed by atoms with Crippen LogP contribution in [0.15, 0.2) is 59.7 Å². The van der Waals surface area contributed by atoms with Gasteiger partial charge in [0, 0.05) is 31.4 Å². The molecule has 2 aliphatic rings. The molecule has 0 amide bonds. The zero-order valence-electron chi connectivity index (χ0n) is 16.0. The van der Waals surface area contributed by atoms with Crippen LogP contribution >= 0.6 is 0 Å². The molecule has 3 aromatic rings. The Labute approximate surface area is 165 Å². The summed E-state index contributed by atoms with van der Waals surface area (Å²) < 4.78 is 0. The van der Waals surface area contributed by atoms with Crippen LogP contribution in [-0.4, -0.2) is 39.2 Å². The number of allylic oxidation sites excluding steroid dienone is 1. The van der Waals surface area contributed by atoms with Crippen molar-refractivity contribution in [1.29, 1.82) is 0 Å². The van der Waals surface area contributed by atoms with E-state index in [1.54, 1.807) is 0 Å². The van der Waals surface area contributed by atoms with Gasteiger partial charge in [0.1, 0.15) is 5.82 Å². The van der Waals surface area contributed by atoms with Gasteiger partial charge in [-0.05, 0) is 49.1 Å². The molecule has 2 unspecified atom stereocenters. The van der Waals surface area contributed by atoms with E-state index < -0.39 is 0 Å². The molecule has 0 bridgehead atoms. The number of imidazole rings is 1. The number of aliphatic imine (C=N–C) groups is 1. The van der Waals surface area contributed by atoms with Crippen molar-refractivity contribution in [2.45, 2.75) is 31.8 Å². The molecule has 5 nitrogen and oxygen atoms in total. The van der Waals surface area contributed by atoms with Crippen molar-refractivity contribution >= 4 is 17.2 Å². The second-order valence-electron chi connectivity index (χ2n) is 7.75.